The Morgan fingerprint density at radius 3 is 2.60 bits per heavy atom. The number of carbonyl (C=O) groups excluding carboxylic acids is 1. The van der Waals surface area contributed by atoms with Crippen LogP contribution >= 0.6 is 0 Å². The maximum Gasteiger partial charge on any atom is 0.341 e. The Labute approximate surface area is 90.4 Å². The van der Waals surface area contributed by atoms with Crippen molar-refractivity contribution >= 4 is 5.97 Å². The van der Waals surface area contributed by atoms with E-state index in [1.165, 1.54) is 0 Å². The van der Waals surface area contributed by atoms with Crippen LogP contribution in [0.15, 0.2) is 12.2 Å². The lowest BCUT2D eigenvalue weighted by molar-refractivity contribution is -0.156. The summed E-state index contributed by atoms with van der Waals surface area (Å²) in [6.45, 7) is 6.05. The number of cyclic esters (lactones) is 1. The number of ether oxygens (including phenoxy) is 2. The summed E-state index contributed by atoms with van der Waals surface area (Å²) >= 11 is 0. The summed E-state index contributed by atoms with van der Waals surface area (Å²) < 4.78 is 11.2. The van der Waals surface area contributed by atoms with Gasteiger partial charge in [0.2, 0.25) is 6.29 Å². The Kier molecular flexibility index (Phi) is 2.38. The molecule has 0 amide bonds. The molecule has 0 aromatic rings. The Balaban J connectivity index is 2.17. The first-order chi connectivity index (χ1) is 6.94. The quantitative estimate of drug-likeness (QED) is 0.455. The normalized spacial score (nSPS) is 35.9. The van der Waals surface area contributed by atoms with E-state index < -0.39 is 11.9 Å². The van der Waals surface area contributed by atoms with E-state index in [-0.39, 0.29) is 11.4 Å². The highest BCUT2D eigenvalue weighted by atomic mass is 16.8. The molecule has 15 heavy (non-hydrogen) atoms. The minimum atomic E-state index is -0.688. The van der Waals surface area contributed by atoms with Crippen molar-refractivity contribution in [2.75, 3.05) is 0 Å². The van der Waals surface area contributed by atoms with Crippen molar-refractivity contribution in [2.45, 2.75) is 51.9 Å². The fourth-order valence-corrected chi connectivity index (χ4v) is 1.94. The summed E-state index contributed by atoms with van der Waals surface area (Å²) in [6, 6.07) is 0. The van der Waals surface area contributed by atoms with Crippen molar-refractivity contribution in [3.63, 3.8) is 0 Å². The standard InChI is InChI=1S/C12H18O3/c1-11(2,3)10-14-9(13)12(15-10)7-5-4-6-8-12/h4-5,10H,6-8H2,1-3H3/t10-,12+/m1/s1. The molecule has 0 N–H and O–H groups in total. The van der Waals surface area contributed by atoms with Crippen LogP contribution in [0.4, 0.5) is 0 Å². The minimum Gasteiger partial charge on any atom is -0.433 e. The average molecular weight is 210 g/mol. The molecule has 1 heterocycles. The summed E-state index contributed by atoms with van der Waals surface area (Å²) in [5.41, 5.74) is -0.840. The van der Waals surface area contributed by atoms with Crippen molar-refractivity contribution in [3.05, 3.63) is 12.2 Å². The summed E-state index contributed by atoms with van der Waals surface area (Å²) in [5.74, 6) is -0.188. The smallest absolute Gasteiger partial charge is 0.341 e. The maximum atomic E-state index is 11.8. The van der Waals surface area contributed by atoms with Gasteiger partial charge >= 0.3 is 5.97 Å². The van der Waals surface area contributed by atoms with Gasteiger partial charge in [-0.3, -0.25) is 0 Å². The highest BCUT2D eigenvalue weighted by Crippen LogP contribution is 2.40. The van der Waals surface area contributed by atoms with E-state index >= 15 is 0 Å². The molecule has 3 nitrogen and oxygen atoms in total. The van der Waals surface area contributed by atoms with Crippen LogP contribution in [0.1, 0.15) is 40.0 Å². The zero-order valence-electron chi connectivity index (χ0n) is 9.58. The molecule has 84 valence electrons. The second-order valence-corrected chi connectivity index (χ2v) is 5.43. The Morgan fingerprint density at radius 1 is 1.40 bits per heavy atom. The van der Waals surface area contributed by atoms with Gasteiger partial charge in [0.15, 0.2) is 5.60 Å². The molecule has 0 saturated carbocycles. The van der Waals surface area contributed by atoms with Crippen LogP contribution in [0.2, 0.25) is 0 Å². The van der Waals surface area contributed by atoms with Crippen LogP contribution in [0.5, 0.6) is 0 Å². The summed E-state index contributed by atoms with van der Waals surface area (Å²) in [7, 11) is 0. The summed E-state index contributed by atoms with van der Waals surface area (Å²) in [5, 5.41) is 0. The topological polar surface area (TPSA) is 35.5 Å². The van der Waals surface area contributed by atoms with E-state index in [1.54, 1.807) is 0 Å². The monoisotopic (exact) mass is 210 g/mol. The van der Waals surface area contributed by atoms with Crippen LogP contribution in [-0.4, -0.2) is 17.9 Å². The second kappa shape index (κ2) is 3.34. The van der Waals surface area contributed by atoms with Gasteiger partial charge in [0.25, 0.3) is 0 Å². The van der Waals surface area contributed by atoms with Crippen molar-refractivity contribution in [2.24, 2.45) is 5.41 Å². The minimum absolute atomic E-state index is 0.152. The predicted octanol–water partition coefficient (Wildman–Crippen LogP) is 2.41. The number of rotatable bonds is 0. The van der Waals surface area contributed by atoms with E-state index in [0.29, 0.717) is 6.42 Å². The van der Waals surface area contributed by atoms with Crippen LogP contribution in [0.25, 0.3) is 0 Å². The molecule has 1 spiro atoms. The van der Waals surface area contributed by atoms with Crippen molar-refractivity contribution < 1.29 is 14.3 Å². The zero-order chi connectivity index (χ0) is 11.1. The van der Waals surface area contributed by atoms with E-state index in [0.717, 1.165) is 12.8 Å². The molecule has 0 bridgehead atoms. The highest BCUT2D eigenvalue weighted by molar-refractivity contribution is 5.81. The highest BCUT2D eigenvalue weighted by Gasteiger charge is 2.52. The van der Waals surface area contributed by atoms with Gasteiger partial charge in [0.05, 0.1) is 0 Å². The summed E-state index contributed by atoms with van der Waals surface area (Å²) in [6.07, 6.45) is 5.98. The van der Waals surface area contributed by atoms with Gasteiger partial charge in [0, 0.05) is 11.8 Å². The number of hydrogen-bond donors (Lipinski definition) is 0. The molecule has 1 fully saturated rings. The lowest BCUT2D eigenvalue weighted by Crippen LogP contribution is -2.38. The van der Waals surface area contributed by atoms with Gasteiger partial charge in [0.1, 0.15) is 0 Å². The van der Waals surface area contributed by atoms with Gasteiger partial charge in [-0.25, -0.2) is 4.79 Å². The van der Waals surface area contributed by atoms with Crippen LogP contribution in [0.3, 0.4) is 0 Å². The molecule has 0 aromatic heterocycles. The third-order valence-electron chi connectivity index (χ3n) is 2.95. The van der Waals surface area contributed by atoms with Crippen molar-refractivity contribution in [3.8, 4) is 0 Å². The molecular formula is C12H18O3. The first-order valence-electron chi connectivity index (χ1n) is 5.48. The van der Waals surface area contributed by atoms with Crippen LogP contribution < -0.4 is 0 Å². The second-order valence-electron chi connectivity index (χ2n) is 5.43. The molecule has 3 heteroatoms. The largest absolute Gasteiger partial charge is 0.433 e. The number of hydrogen-bond acceptors (Lipinski definition) is 3. The third-order valence-corrected chi connectivity index (χ3v) is 2.95. The van der Waals surface area contributed by atoms with Crippen molar-refractivity contribution in [1.82, 2.24) is 0 Å². The molecule has 1 aliphatic heterocycles. The first-order valence-corrected chi connectivity index (χ1v) is 5.48. The molecular weight excluding hydrogens is 192 g/mol. The van der Waals surface area contributed by atoms with Crippen molar-refractivity contribution in [1.29, 1.82) is 0 Å². The molecule has 0 aromatic carbocycles. The van der Waals surface area contributed by atoms with Gasteiger partial charge in [-0.15, -0.1) is 0 Å². The number of esters is 1. The first kappa shape index (κ1) is 10.7. The molecule has 1 aliphatic carbocycles. The van der Waals surface area contributed by atoms with E-state index in [2.05, 4.69) is 6.08 Å². The third kappa shape index (κ3) is 1.81. The summed E-state index contributed by atoms with van der Waals surface area (Å²) in [4.78, 5) is 11.8. The molecule has 0 unspecified atom stereocenters. The SMILES string of the molecule is CC(C)(C)[C@@H]1OC(=O)[C@@]2(CC=CCC2)O1. The Hall–Kier alpha value is -0.830. The van der Waals surface area contributed by atoms with Gasteiger partial charge in [-0.1, -0.05) is 32.9 Å². The zero-order valence-corrected chi connectivity index (χ0v) is 9.58. The van der Waals surface area contributed by atoms with Gasteiger partial charge in [-0.2, -0.15) is 0 Å². The van der Waals surface area contributed by atoms with E-state index in [9.17, 15) is 4.79 Å². The van der Waals surface area contributed by atoms with E-state index in [4.69, 9.17) is 9.47 Å². The fraction of sp³-hybridized carbons (Fsp3) is 0.750. The van der Waals surface area contributed by atoms with E-state index in [1.807, 2.05) is 26.8 Å². The Morgan fingerprint density at radius 2 is 2.13 bits per heavy atom. The molecule has 0 radical (unpaired) electrons. The average Bonchev–Trinajstić information content (AvgIpc) is 2.45. The molecule has 1 saturated heterocycles. The number of allylic oxidation sites excluding steroid dienone is 1. The molecule has 2 atom stereocenters. The fourth-order valence-electron chi connectivity index (χ4n) is 1.94. The van der Waals surface area contributed by atoms with Gasteiger partial charge in [-0.05, 0) is 12.8 Å². The lowest BCUT2D eigenvalue weighted by atomic mass is 9.89. The Bertz CT molecular complexity index is 300. The predicted molar refractivity (Wildman–Crippen MR) is 56.1 cm³/mol. The number of carbonyl (C=O) groups is 1. The lowest BCUT2D eigenvalue weighted by Gasteiger charge is -2.28. The maximum absolute atomic E-state index is 11.8. The van der Waals surface area contributed by atoms with Crippen LogP contribution in [0, 0.1) is 5.41 Å². The van der Waals surface area contributed by atoms with Gasteiger partial charge < -0.3 is 9.47 Å². The molecule has 2 rings (SSSR count). The van der Waals surface area contributed by atoms with Crippen LogP contribution in [-0.2, 0) is 14.3 Å². The molecule has 2 aliphatic rings.